The second kappa shape index (κ2) is 6.89. The molecule has 0 aliphatic heterocycles. The molecule has 0 heterocycles. The van der Waals surface area contributed by atoms with Gasteiger partial charge in [-0.3, -0.25) is 0 Å². The van der Waals surface area contributed by atoms with Crippen molar-refractivity contribution < 1.29 is 17.9 Å². The number of ether oxygens (including phenoxy) is 1. The Kier molecular flexibility index (Phi) is 6.56. The highest BCUT2D eigenvalue weighted by atomic mass is 32.2. The van der Waals surface area contributed by atoms with Crippen molar-refractivity contribution in [1.82, 2.24) is 5.32 Å². The van der Waals surface area contributed by atoms with Crippen molar-refractivity contribution in [1.29, 1.82) is 0 Å². The molecule has 0 rings (SSSR count). The monoisotopic (exact) mass is 277 g/mol. The van der Waals surface area contributed by atoms with Crippen LogP contribution in [-0.2, 0) is 19.4 Å². The smallest absolute Gasteiger partial charge is 0.333 e. The molecule has 106 valence electrons. The van der Waals surface area contributed by atoms with E-state index in [4.69, 9.17) is 0 Å². The molecule has 0 aromatic carbocycles. The summed E-state index contributed by atoms with van der Waals surface area (Å²) in [5.74, 6) is -0.346. The molecule has 0 aliphatic rings. The van der Waals surface area contributed by atoms with Gasteiger partial charge < -0.3 is 10.1 Å². The number of nitrogens with one attached hydrogen (secondary N) is 1. The molecule has 0 radical (unpaired) electrons. The second-order valence-electron chi connectivity index (χ2n) is 4.74. The summed E-state index contributed by atoms with van der Waals surface area (Å²) in [6.45, 7) is 5.97. The quantitative estimate of drug-likeness (QED) is 0.425. The van der Waals surface area contributed by atoms with E-state index in [1.54, 1.807) is 19.9 Å². The number of rotatable bonds is 7. The molecule has 0 atom stereocenters. The second-order valence-corrected chi connectivity index (χ2v) is 7.39. The van der Waals surface area contributed by atoms with Gasteiger partial charge in [0.2, 0.25) is 0 Å². The predicted molar refractivity (Wildman–Crippen MR) is 72.2 cm³/mol. The summed E-state index contributed by atoms with van der Waals surface area (Å²) in [4.78, 5) is 11.3. The SMILES string of the molecule is CCC(=CCNCC(C)(C)S(C)(=O)=O)C(=O)OC. The summed E-state index contributed by atoms with van der Waals surface area (Å²) in [7, 11) is -1.77. The Morgan fingerprint density at radius 2 is 1.94 bits per heavy atom. The van der Waals surface area contributed by atoms with E-state index in [1.807, 2.05) is 6.92 Å². The Hall–Kier alpha value is -0.880. The van der Waals surface area contributed by atoms with Crippen LogP contribution in [0.2, 0.25) is 0 Å². The average molecular weight is 277 g/mol. The lowest BCUT2D eigenvalue weighted by atomic mass is 10.2. The number of sulfone groups is 1. The molecule has 5 nitrogen and oxygen atoms in total. The molecule has 0 bridgehead atoms. The normalized spacial score (nSPS) is 13.5. The fourth-order valence-corrected chi connectivity index (χ4v) is 1.57. The molecule has 0 unspecified atom stereocenters. The van der Waals surface area contributed by atoms with Gasteiger partial charge in [0.1, 0.15) is 0 Å². The van der Waals surface area contributed by atoms with E-state index >= 15 is 0 Å². The van der Waals surface area contributed by atoms with Gasteiger partial charge in [0.25, 0.3) is 0 Å². The van der Waals surface area contributed by atoms with Crippen LogP contribution in [0.3, 0.4) is 0 Å². The molecule has 0 saturated heterocycles. The zero-order valence-electron chi connectivity index (χ0n) is 11.7. The molecular weight excluding hydrogens is 254 g/mol. The fraction of sp³-hybridized carbons (Fsp3) is 0.750. The molecule has 6 heteroatoms. The minimum Gasteiger partial charge on any atom is -0.466 e. The van der Waals surface area contributed by atoms with E-state index in [9.17, 15) is 13.2 Å². The van der Waals surface area contributed by atoms with Gasteiger partial charge in [-0.15, -0.1) is 0 Å². The molecule has 18 heavy (non-hydrogen) atoms. The van der Waals surface area contributed by atoms with Crippen LogP contribution in [0.4, 0.5) is 0 Å². The lowest BCUT2D eigenvalue weighted by Crippen LogP contribution is -2.41. The van der Waals surface area contributed by atoms with Crippen molar-refractivity contribution in [2.75, 3.05) is 26.5 Å². The van der Waals surface area contributed by atoms with Crippen LogP contribution in [0, 0.1) is 0 Å². The summed E-state index contributed by atoms with van der Waals surface area (Å²) in [5, 5.41) is 3.01. The van der Waals surface area contributed by atoms with E-state index in [-0.39, 0.29) is 5.97 Å². The topological polar surface area (TPSA) is 72.5 Å². The summed E-state index contributed by atoms with van der Waals surface area (Å²) in [5.41, 5.74) is 0.585. The lowest BCUT2D eigenvalue weighted by Gasteiger charge is -2.22. The lowest BCUT2D eigenvalue weighted by molar-refractivity contribution is -0.136. The number of methoxy groups -OCH3 is 1. The first kappa shape index (κ1) is 17.1. The highest BCUT2D eigenvalue weighted by molar-refractivity contribution is 7.92. The van der Waals surface area contributed by atoms with Crippen LogP contribution in [0.1, 0.15) is 27.2 Å². The van der Waals surface area contributed by atoms with E-state index in [1.165, 1.54) is 13.4 Å². The van der Waals surface area contributed by atoms with Gasteiger partial charge in [0, 0.05) is 24.9 Å². The van der Waals surface area contributed by atoms with Gasteiger partial charge >= 0.3 is 5.97 Å². The Bertz CT molecular complexity index is 410. The molecule has 0 fully saturated rings. The third-order valence-electron chi connectivity index (χ3n) is 2.88. The molecule has 0 spiro atoms. The summed E-state index contributed by atoms with van der Waals surface area (Å²) < 4.78 is 26.7. The largest absolute Gasteiger partial charge is 0.466 e. The molecule has 0 aromatic rings. The Morgan fingerprint density at radius 1 is 1.39 bits per heavy atom. The van der Waals surface area contributed by atoms with Crippen LogP contribution >= 0.6 is 0 Å². The molecule has 0 saturated carbocycles. The number of esters is 1. The van der Waals surface area contributed by atoms with E-state index in [0.29, 0.717) is 25.1 Å². The third-order valence-corrected chi connectivity index (χ3v) is 5.03. The van der Waals surface area contributed by atoms with Crippen LogP contribution in [0.15, 0.2) is 11.6 Å². The highest BCUT2D eigenvalue weighted by Gasteiger charge is 2.29. The fourth-order valence-electron chi connectivity index (χ4n) is 1.20. The van der Waals surface area contributed by atoms with Crippen molar-refractivity contribution in [3.8, 4) is 0 Å². The Labute approximate surface area is 110 Å². The van der Waals surface area contributed by atoms with Crippen molar-refractivity contribution in [2.45, 2.75) is 31.9 Å². The highest BCUT2D eigenvalue weighted by Crippen LogP contribution is 2.13. The first-order chi connectivity index (χ1) is 8.15. The van der Waals surface area contributed by atoms with Gasteiger partial charge in [0.05, 0.1) is 11.9 Å². The van der Waals surface area contributed by atoms with Crippen LogP contribution in [-0.4, -0.2) is 45.6 Å². The molecule has 0 aliphatic carbocycles. The van der Waals surface area contributed by atoms with E-state index < -0.39 is 14.6 Å². The Morgan fingerprint density at radius 3 is 2.33 bits per heavy atom. The summed E-state index contributed by atoms with van der Waals surface area (Å²) in [6, 6.07) is 0. The van der Waals surface area contributed by atoms with Crippen LogP contribution in [0.25, 0.3) is 0 Å². The average Bonchev–Trinajstić information content (AvgIpc) is 2.26. The number of carbonyl (C=O) groups excluding carboxylic acids is 1. The van der Waals surface area contributed by atoms with Crippen molar-refractivity contribution in [3.63, 3.8) is 0 Å². The van der Waals surface area contributed by atoms with Crippen LogP contribution < -0.4 is 5.32 Å². The van der Waals surface area contributed by atoms with Gasteiger partial charge in [-0.2, -0.15) is 0 Å². The van der Waals surface area contributed by atoms with Crippen molar-refractivity contribution >= 4 is 15.8 Å². The van der Waals surface area contributed by atoms with E-state index in [0.717, 1.165) is 0 Å². The predicted octanol–water partition coefficient (Wildman–Crippen LogP) is 0.909. The third kappa shape index (κ3) is 5.18. The van der Waals surface area contributed by atoms with Gasteiger partial charge in [-0.1, -0.05) is 13.0 Å². The van der Waals surface area contributed by atoms with Crippen molar-refractivity contribution in [2.24, 2.45) is 0 Å². The molecule has 0 amide bonds. The van der Waals surface area contributed by atoms with Gasteiger partial charge in [-0.05, 0) is 20.3 Å². The zero-order chi connectivity index (χ0) is 14.4. The molecular formula is C12H23NO4S. The first-order valence-electron chi connectivity index (χ1n) is 5.83. The minimum absolute atomic E-state index is 0.334. The number of hydrogen-bond donors (Lipinski definition) is 1. The van der Waals surface area contributed by atoms with Crippen LogP contribution in [0.5, 0.6) is 0 Å². The van der Waals surface area contributed by atoms with Gasteiger partial charge in [-0.25, -0.2) is 13.2 Å². The zero-order valence-corrected chi connectivity index (χ0v) is 12.6. The standard InChI is InChI=1S/C12H23NO4S/c1-6-10(11(14)17-4)7-8-13-9-12(2,3)18(5,15)16/h7,13H,6,8-9H2,1-5H3. The minimum atomic E-state index is -3.10. The van der Waals surface area contributed by atoms with Crippen molar-refractivity contribution in [3.05, 3.63) is 11.6 Å². The van der Waals surface area contributed by atoms with E-state index in [2.05, 4.69) is 10.1 Å². The molecule has 0 aromatic heterocycles. The maximum absolute atomic E-state index is 11.5. The maximum atomic E-state index is 11.5. The molecule has 1 N–H and O–H groups in total. The number of carbonyl (C=O) groups is 1. The maximum Gasteiger partial charge on any atom is 0.333 e. The Balaban J connectivity index is 4.37. The summed E-state index contributed by atoms with van der Waals surface area (Å²) in [6.07, 6.45) is 3.53. The first-order valence-corrected chi connectivity index (χ1v) is 7.72. The summed E-state index contributed by atoms with van der Waals surface area (Å²) >= 11 is 0. The van der Waals surface area contributed by atoms with Gasteiger partial charge in [0.15, 0.2) is 9.84 Å². The number of hydrogen-bond acceptors (Lipinski definition) is 5.